The predicted molar refractivity (Wildman–Crippen MR) is 95.6 cm³/mol. The molecule has 0 aliphatic carbocycles. The molecule has 3 rings (SSSR count). The van der Waals surface area contributed by atoms with Crippen LogP contribution in [0.5, 0.6) is 5.75 Å². The van der Waals surface area contributed by atoms with E-state index in [2.05, 4.69) is 0 Å². The number of hydrogen-bond donors (Lipinski definition) is 1. The van der Waals surface area contributed by atoms with Crippen molar-refractivity contribution in [3.63, 3.8) is 0 Å². The number of aliphatic hydroxyl groups is 1. The summed E-state index contributed by atoms with van der Waals surface area (Å²) in [6, 6.07) is 12.1. The molecule has 0 spiro atoms. The largest absolute Gasteiger partial charge is 0.502 e. The summed E-state index contributed by atoms with van der Waals surface area (Å²) in [6.45, 7) is 6.20. The highest BCUT2D eigenvalue weighted by Crippen LogP contribution is 2.33. The van der Waals surface area contributed by atoms with E-state index in [1.54, 1.807) is 36.4 Å². The van der Waals surface area contributed by atoms with E-state index >= 15 is 0 Å². The number of ether oxygens (including phenoxy) is 1. The van der Waals surface area contributed by atoms with E-state index in [1.165, 1.54) is 0 Å². The fourth-order valence-electron chi connectivity index (χ4n) is 2.79. The Hall–Kier alpha value is -3.08. The van der Waals surface area contributed by atoms with Crippen LogP contribution in [0.4, 0.5) is 5.69 Å². The maximum absolute atomic E-state index is 12.8. The summed E-state index contributed by atoms with van der Waals surface area (Å²) in [5.74, 6) is -1.25. The molecule has 0 bridgehead atoms. The van der Waals surface area contributed by atoms with Crippen molar-refractivity contribution >= 4 is 23.1 Å². The zero-order valence-corrected chi connectivity index (χ0v) is 14.4. The molecule has 5 heteroatoms. The fraction of sp³-hybridized carbons (Fsp3) is 0.200. The molecule has 128 valence electrons. The lowest BCUT2D eigenvalue weighted by Crippen LogP contribution is -2.31. The molecule has 1 aliphatic heterocycles. The summed E-state index contributed by atoms with van der Waals surface area (Å²) < 4.78 is 5.42. The number of carbonyl (C=O) groups is 2. The van der Waals surface area contributed by atoms with E-state index in [1.807, 2.05) is 26.8 Å². The first-order valence-electron chi connectivity index (χ1n) is 8.06. The molecular formula is C20H19NO4. The van der Waals surface area contributed by atoms with Crippen LogP contribution in [0.3, 0.4) is 0 Å². The summed E-state index contributed by atoms with van der Waals surface area (Å²) in [7, 11) is 0. The SMILES string of the molecule is CCOc1cccc(N2C(=O)C(O)=C(c3ccc(C)c(C)c3)C2=O)c1. The van der Waals surface area contributed by atoms with E-state index in [0.717, 1.165) is 16.0 Å². The van der Waals surface area contributed by atoms with Crippen LogP contribution in [0.1, 0.15) is 23.6 Å². The predicted octanol–water partition coefficient (Wildman–Crippen LogP) is 3.54. The van der Waals surface area contributed by atoms with Gasteiger partial charge in [0, 0.05) is 6.07 Å². The van der Waals surface area contributed by atoms with Gasteiger partial charge < -0.3 is 9.84 Å². The van der Waals surface area contributed by atoms with Crippen LogP contribution in [-0.4, -0.2) is 23.5 Å². The molecular weight excluding hydrogens is 318 g/mol. The zero-order valence-electron chi connectivity index (χ0n) is 14.4. The van der Waals surface area contributed by atoms with Gasteiger partial charge in [-0.1, -0.05) is 24.3 Å². The van der Waals surface area contributed by atoms with Crippen molar-refractivity contribution in [2.24, 2.45) is 0 Å². The zero-order chi connectivity index (χ0) is 18.1. The summed E-state index contributed by atoms with van der Waals surface area (Å²) >= 11 is 0. The lowest BCUT2D eigenvalue weighted by atomic mass is 10.00. The van der Waals surface area contributed by atoms with E-state index in [0.29, 0.717) is 23.6 Å². The first-order valence-corrected chi connectivity index (χ1v) is 8.06. The van der Waals surface area contributed by atoms with Crippen LogP contribution in [0.25, 0.3) is 5.57 Å². The van der Waals surface area contributed by atoms with E-state index < -0.39 is 17.6 Å². The second kappa shape index (κ2) is 6.43. The van der Waals surface area contributed by atoms with Crippen molar-refractivity contribution in [3.05, 3.63) is 64.9 Å². The van der Waals surface area contributed by atoms with Gasteiger partial charge in [0.1, 0.15) is 5.75 Å². The standard InChI is InChI=1S/C20H19NO4/c1-4-25-16-7-5-6-15(11-16)21-19(23)17(18(22)20(21)24)14-9-8-12(2)13(3)10-14/h5-11,22H,4H2,1-3H3. The van der Waals surface area contributed by atoms with Crippen molar-refractivity contribution in [2.45, 2.75) is 20.8 Å². The molecule has 2 aromatic rings. The Labute approximate surface area is 146 Å². The summed E-state index contributed by atoms with van der Waals surface area (Å²) in [4.78, 5) is 26.3. The average Bonchev–Trinajstić information content (AvgIpc) is 2.80. The van der Waals surface area contributed by atoms with Crippen LogP contribution >= 0.6 is 0 Å². The second-order valence-electron chi connectivity index (χ2n) is 5.90. The van der Waals surface area contributed by atoms with Gasteiger partial charge >= 0.3 is 5.91 Å². The van der Waals surface area contributed by atoms with Gasteiger partial charge in [0.05, 0.1) is 17.9 Å². The summed E-state index contributed by atoms with van der Waals surface area (Å²) in [5, 5.41) is 10.3. The third-order valence-corrected chi connectivity index (χ3v) is 4.24. The van der Waals surface area contributed by atoms with Gasteiger partial charge in [-0.05, 0) is 49.6 Å². The number of imide groups is 1. The minimum atomic E-state index is -0.730. The Morgan fingerprint density at radius 2 is 1.76 bits per heavy atom. The molecule has 0 unspecified atom stereocenters. The molecule has 0 atom stereocenters. The van der Waals surface area contributed by atoms with Crippen molar-refractivity contribution in [2.75, 3.05) is 11.5 Å². The highest BCUT2D eigenvalue weighted by molar-refractivity contribution is 6.44. The summed E-state index contributed by atoms with van der Waals surface area (Å²) in [6.07, 6.45) is 0. The molecule has 25 heavy (non-hydrogen) atoms. The van der Waals surface area contributed by atoms with Crippen molar-refractivity contribution in [1.29, 1.82) is 0 Å². The maximum Gasteiger partial charge on any atom is 0.301 e. The fourth-order valence-corrected chi connectivity index (χ4v) is 2.79. The van der Waals surface area contributed by atoms with Gasteiger partial charge in [-0.25, -0.2) is 4.90 Å². The molecule has 0 saturated carbocycles. The number of hydrogen-bond acceptors (Lipinski definition) is 4. The van der Waals surface area contributed by atoms with Crippen LogP contribution in [0, 0.1) is 13.8 Å². The second-order valence-corrected chi connectivity index (χ2v) is 5.90. The Morgan fingerprint density at radius 1 is 1.00 bits per heavy atom. The molecule has 0 radical (unpaired) electrons. The number of benzene rings is 2. The first kappa shape index (κ1) is 16.8. The van der Waals surface area contributed by atoms with Crippen molar-refractivity contribution in [1.82, 2.24) is 0 Å². The van der Waals surface area contributed by atoms with Crippen LogP contribution < -0.4 is 9.64 Å². The minimum absolute atomic E-state index is 0.0231. The Morgan fingerprint density at radius 3 is 2.44 bits per heavy atom. The molecule has 1 heterocycles. The lowest BCUT2D eigenvalue weighted by molar-refractivity contribution is -0.121. The van der Waals surface area contributed by atoms with Gasteiger partial charge in [-0.15, -0.1) is 0 Å². The van der Waals surface area contributed by atoms with Gasteiger partial charge in [-0.2, -0.15) is 0 Å². The van der Waals surface area contributed by atoms with Crippen LogP contribution in [-0.2, 0) is 9.59 Å². The number of aryl methyl sites for hydroxylation is 2. The van der Waals surface area contributed by atoms with E-state index in [4.69, 9.17) is 4.74 Å². The average molecular weight is 337 g/mol. The topological polar surface area (TPSA) is 66.8 Å². The molecule has 5 nitrogen and oxygen atoms in total. The van der Waals surface area contributed by atoms with Crippen molar-refractivity contribution < 1.29 is 19.4 Å². The number of carbonyl (C=O) groups excluding carboxylic acids is 2. The monoisotopic (exact) mass is 337 g/mol. The number of aliphatic hydroxyl groups excluding tert-OH is 1. The van der Waals surface area contributed by atoms with Crippen molar-refractivity contribution in [3.8, 4) is 5.75 Å². The quantitative estimate of drug-likeness (QED) is 0.867. The van der Waals surface area contributed by atoms with E-state index in [9.17, 15) is 14.7 Å². The Balaban J connectivity index is 2.02. The number of nitrogens with zero attached hydrogens (tertiary/aromatic N) is 1. The lowest BCUT2D eigenvalue weighted by Gasteiger charge is -2.16. The van der Waals surface area contributed by atoms with Gasteiger partial charge in [0.25, 0.3) is 5.91 Å². The minimum Gasteiger partial charge on any atom is -0.502 e. The number of rotatable bonds is 4. The number of amides is 2. The highest BCUT2D eigenvalue weighted by atomic mass is 16.5. The first-order chi connectivity index (χ1) is 11.9. The molecule has 2 amide bonds. The van der Waals surface area contributed by atoms with Gasteiger partial charge in [-0.3, -0.25) is 9.59 Å². The summed E-state index contributed by atoms with van der Waals surface area (Å²) in [5.41, 5.74) is 2.97. The molecule has 2 aromatic carbocycles. The molecule has 0 saturated heterocycles. The molecule has 0 fully saturated rings. The van der Waals surface area contributed by atoms with Gasteiger partial charge in [0.15, 0.2) is 5.76 Å². The Kier molecular flexibility index (Phi) is 4.31. The normalized spacial score (nSPS) is 14.4. The van der Waals surface area contributed by atoms with Crippen LogP contribution in [0.15, 0.2) is 48.2 Å². The third kappa shape index (κ3) is 2.89. The highest BCUT2D eigenvalue weighted by Gasteiger charge is 2.40. The van der Waals surface area contributed by atoms with Gasteiger partial charge in [0.2, 0.25) is 0 Å². The third-order valence-electron chi connectivity index (χ3n) is 4.24. The number of anilines is 1. The van der Waals surface area contributed by atoms with E-state index in [-0.39, 0.29) is 5.57 Å². The van der Waals surface area contributed by atoms with Crippen LogP contribution in [0.2, 0.25) is 0 Å². The molecule has 1 N–H and O–H groups in total. The maximum atomic E-state index is 12.8. The molecule has 1 aliphatic rings. The Bertz CT molecular complexity index is 898. The smallest absolute Gasteiger partial charge is 0.301 e. The molecule has 0 aromatic heterocycles.